The zero-order chi connectivity index (χ0) is 17.3. The summed E-state index contributed by atoms with van der Waals surface area (Å²) in [5.74, 6) is 1.84. The Kier molecular flexibility index (Phi) is 3.19. The first kappa shape index (κ1) is 15.7. The summed E-state index contributed by atoms with van der Waals surface area (Å²) in [7, 11) is 0. The van der Waals surface area contributed by atoms with Crippen molar-refractivity contribution in [3.63, 3.8) is 0 Å². The number of ether oxygens (including phenoxy) is 1. The molecule has 3 heterocycles. The molecule has 2 aromatic heterocycles. The van der Waals surface area contributed by atoms with Gasteiger partial charge >= 0.3 is 0 Å². The molecule has 2 aromatic rings. The molecular formula is C19H28N4O. The molecule has 0 bridgehead atoms. The summed E-state index contributed by atoms with van der Waals surface area (Å²) < 4.78 is 8.19. The second-order valence-electron chi connectivity index (χ2n) is 9.20. The van der Waals surface area contributed by atoms with Crippen molar-refractivity contribution in [3.05, 3.63) is 18.0 Å². The van der Waals surface area contributed by atoms with E-state index in [9.17, 15) is 0 Å². The lowest BCUT2D eigenvalue weighted by Crippen LogP contribution is -2.55. The number of aromatic nitrogens is 3. The van der Waals surface area contributed by atoms with E-state index in [0.717, 1.165) is 23.6 Å². The van der Waals surface area contributed by atoms with Crippen LogP contribution in [-0.4, -0.2) is 32.3 Å². The fourth-order valence-electron chi connectivity index (χ4n) is 4.15. The molecule has 2 aliphatic rings. The van der Waals surface area contributed by atoms with Gasteiger partial charge in [-0.1, -0.05) is 20.8 Å². The van der Waals surface area contributed by atoms with E-state index in [2.05, 4.69) is 51.5 Å². The predicted molar refractivity (Wildman–Crippen MR) is 96.0 cm³/mol. The average molecular weight is 328 g/mol. The van der Waals surface area contributed by atoms with Crippen LogP contribution in [-0.2, 0) is 5.41 Å². The summed E-state index contributed by atoms with van der Waals surface area (Å²) in [4.78, 5) is 7.54. The molecule has 2 atom stereocenters. The molecule has 0 saturated heterocycles. The number of hydrogen-bond donors (Lipinski definition) is 0. The number of rotatable bonds is 0. The fourth-order valence-corrected chi connectivity index (χ4v) is 4.15. The lowest BCUT2D eigenvalue weighted by Gasteiger charge is -2.47. The van der Waals surface area contributed by atoms with Gasteiger partial charge in [0.15, 0.2) is 17.2 Å². The highest BCUT2D eigenvalue weighted by molar-refractivity contribution is 5.63. The van der Waals surface area contributed by atoms with E-state index in [1.165, 1.54) is 18.4 Å². The highest BCUT2D eigenvalue weighted by Crippen LogP contribution is 2.44. The molecule has 0 N–H and O–H groups in total. The Morgan fingerprint density at radius 2 is 1.88 bits per heavy atom. The third-order valence-electron chi connectivity index (χ3n) is 5.23. The van der Waals surface area contributed by atoms with Gasteiger partial charge in [0.25, 0.3) is 0 Å². The van der Waals surface area contributed by atoms with Crippen molar-refractivity contribution < 1.29 is 4.74 Å². The number of nitrogens with zero attached hydrogens (tertiary/aromatic N) is 4. The van der Waals surface area contributed by atoms with Crippen molar-refractivity contribution in [3.8, 4) is 5.75 Å². The van der Waals surface area contributed by atoms with Crippen molar-refractivity contribution in [1.29, 1.82) is 0 Å². The third-order valence-corrected chi connectivity index (χ3v) is 5.23. The van der Waals surface area contributed by atoms with Crippen LogP contribution < -0.4 is 9.64 Å². The Morgan fingerprint density at radius 3 is 2.54 bits per heavy atom. The number of fused-ring (bicyclic) bond motifs is 3. The predicted octanol–water partition coefficient (Wildman–Crippen LogP) is 3.95. The summed E-state index contributed by atoms with van der Waals surface area (Å²) in [5, 5.41) is 4.52. The van der Waals surface area contributed by atoms with Crippen LogP contribution in [0.15, 0.2) is 12.4 Å². The van der Waals surface area contributed by atoms with E-state index in [-0.39, 0.29) is 17.1 Å². The van der Waals surface area contributed by atoms with Crippen LogP contribution in [0.4, 0.5) is 5.82 Å². The van der Waals surface area contributed by atoms with Crippen LogP contribution in [0, 0.1) is 0 Å². The molecule has 0 radical (unpaired) electrons. The van der Waals surface area contributed by atoms with Gasteiger partial charge in [0.1, 0.15) is 6.10 Å². The lowest BCUT2D eigenvalue weighted by molar-refractivity contribution is 0.156. The van der Waals surface area contributed by atoms with Crippen LogP contribution >= 0.6 is 0 Å². The van der Waals surface area contributed by atoms with Gasteiger partial charge in [-0.15, -0.1) is 0 Å². The Hall–Kier alpha value is -1.78. The van der Waals surface area contributed by atoms with Gasteiger partial charge in [-0.05, 0) is 45.4 Å². The van der Waals surface area contributed by atoms with Gasteiger partial charge in [0.2, 0.25) is 0 Å². The summed E-state index contributed by atoms with van der Waals surface area (Å²) >= 11 is 0. The van der Waals surface area contributed by atoms with Gasteiger partial charge < -0.3 is 9.64 Å². The van der Waals surface area contributed by atoms with Crippen molar-refractivity contribution in [2.75, 3.05) is 4.90 Å². The second kappa shape index (κ2) is 4.87. The maximum absolute atomic E-state index is 6.32. The quantitative estimate of drug-likeness (QED) is 0.734. The summed E-state index contributed by atoms with van der Waals surface area (Å²) in [6.07, 6.45) is 7.76. The van der Waals surface area contributed by atoms with E-state index in [1.807, 2.05) is 16.9 Å². The molecular weight excluding hydrogens is 300 g/mol. The van der Waals surface area contributed by atoms with Gasteiger partial charge in [0, 0.05) is 11.1 Å². The standard InChI is InChI=1S/C19H28N4O/c1-18(2,3)12-10-20-22-11-15-17(21-16(12)22)23(19(4,5)6)13-8-7-9-14(13)24-15/h10-11,13-14H,7-9H2,1-6H3/t13-,14-/m0/s1. The van der Waals surface area contributed by atoms with E-state index in [4.69, 9.17) is 9.72 Å². The van der Waals surface area contributed by atoms with Gasteiger partial charge in [-0.25, -0.2) is 9.50 Å². The fraction of sp³-hybridized carbons (Fsp3) is 0.684. The Bertz CT molecular complexity index is 781. The molecule has 1 aliphatic heterocycles. The molecule has 0 spiro atoms. The van der Waals surface area contributed by atoms with E-state index < -0.39 is 0 Å². The topological polar surface area (TPSA) is 42.7 Å². The Labute approximate surface area is 144 Å². The molecule has 5 nitrogen and oxygen atoms in total. The Morgan fingerprint density at radius 1 is 1.12 bits per heavy atom. The molecule has 130 valence electrons. The first-order valence-corrected chi connectivity index (χ1v) is 9.01. The zero-order valence-corrected chi connectivity index (χ0v) is 15.6. The van der Waals surface area contributed by atoms with Crippen molar-refractivity contribution in [2.24, 2.45) is 0 Å². The Balaban J connectivity index is 1.93. The van der Waals surface area contributed by atoms with Gasteiger partial charge in [-0.3, -0.25) is 0 Å². The first-order valence-electron chi connectivity index (χ1n) is 9.01. The number of anilines is 1. The monoisotopic (exact) mass is 328 g/mol. The minimum atomic E-state index is 0.0129. The van der Waals surface area contributed by atoms with E-state index >= 15 is 0 Å². The summed E-state index contributed by atoms with van der Waals surface area (Å²) in [5.41, 5.74) is 2.14. The van der Waals surface area contributed by atoms with E-state index in [1.54, 1.807) is 0 Å². The first-order chi connectivity index (χ1) is 11.2. The molecule has 5 heteroatoms. The molecule has 0 aromatic carbocycles. The van der Waals surface area contributed by atoms with Crippen molar-refractivity contribution in [2.45, 2.75) is 83.9 Å². The van der Waals surface area contributed by atoms with Crippen LogP contribution in [0.2, 0.25) is 0 Å². The SMILES string of the molecule is CC(C)(C)c1cnn2cc3c(nc12)N(C(C)(C)C)[C@H]1CCC[C@@H]1O3. The van der Waals surface area contributed by atoms with Crippen LogP contribution in [0.5, 0.6) is 5.75 Å². The molecule has 24 heavy (non-hydrogen) atoms. The smallest absolute Gasteiger partial charge is 0.180 e. The summed E-state index contributed by atoms with van der Waals surface area (Å²) in [6.45, 7) is 13.4. The normalized spacial score (nSPS) is 24.0. The van der Waals surface area contributed by atoms with Crippen molar-refractivity contribution in [1.82, 2.24) is 14.6 Å². The molecule has 0 unspecified atom stereocenters. The zero-order valence-electron chi connectivity index (χ0n) is 15.6. The molecule has 1 saturated carbocycles. The maximum Gasteiger partial charge on any atom is 0.180 e. The molecule has 0 amide bonds. The minimum Gasteiger partial charge on any atom is -0.483 e. The largest absolute Gasteiger partial charge is 0.483 e. The van der Waals surface area contributed by atoms with E-state index in [0.29, 0.717) is 6.04 Å². The lowest BCUT2D eigenvalue weighted by atomic mass is 9.89. The highest BCUT2D eigenvalue weighted by atomic mass is 16.5. The van der Waals surface area contributed by atoms with Crippen LogP contribution in [0.3, 0.4) is 0 Å². The minimum absolute atomic E-state index is 0.0129. The third kappa shape index (κ3) is 2.28. The maximum atomic E-state index is 6.32. The van der Waals surface area contributed by atoms with Gasteiger partial charge in [0.05, 0.1) is 18.4 Å². The highest BCUT2D eigenvalue weighted by Gasteiger charge is 2.44. The molecule has 1 fully saturated rings. The van der Waals surface area contributed by atoms with Crippen molar-refractivity contribution >= 4 is 11.5 Å². The second-order valence-corrected chi connectivity index (χ2v) is 9.20. The number of hydrogen-bond acceptors (Lipinski definition) is 4. The van der Waals surface area contributed by atoms with Crippen LogP contribution in [0.25, 0.3) is 5.65 Å². The van der Waals surface area contributed by atoms with Gasteiger partial charge in [-0.2, -0.15) is 5.10 Å². The molecule has 4 rings (SSSR count). The molecule has 1 aliphatic carbocycles. The summed E-state index contributed by atoms with van der Waals surface area (Å²) in [6, 6.07) is 0.424. The average Bonchev–Trinajstić information content (AvgIpc) is 3.05. The van der Waals surface area contributed by atoms with Crippen LogP contribution in [0.1, 0.15) is 66.4 Å².